The highest BCUT2D eigenvalue weighted by Crippen LogP contribution is 2.47. The Bertz CT molecular complexity index is 336. The number of hydrogen-bond acceptors (Lipinski definition) is 2. The van der Waals surface area contributed by atoms with E-state index in [0.29, 0.717) is 11.5 Å². The Morgan fingerprint density at radius 3 is 2.50 bits per heavy atom. The molecule has 0 aliphatic heterocycles. The summed E-state index contributed by atoms with van der Waals surface area (Å²) in [5, 5.41) is 5.79. The highest BCUT2D eigenvalue weighted by atomic mass is 32.1. The molecule has 0 aromatic carbocycles. The van der Waals surface area contributed by atoms with Crippen LogP contribution < -0.4 is 5.32 Å². The molecule has 2 rings (SSSR count). The van der Waals surface area contributed by atoms with Crippen LogP contribution in [-0.2, 0) is 0 Å². The fourth-order valence-electron chi connectivity index (χ4n) is 3.12. The van der Waals surface area contributed by atoms with Gasteiger partial charge in [0.1, 0.15) is 0 Å². The summed E-state index contributed by atoms with van der Waals surface area (Å²) in [6.45, 7) is 4.70. The van der Waals surface area contributed by atoms with Gasteiger partial charge in [0.25, 0.3) is 0 Å². The molecule has 2 heteroatoms. The minimum atomic E-state index is 0.461. The summed E-state index contributed by atoms with van der Waals surface area (Å²) in [6, 6.07) is 2.80. The molecule has 1 N–H and O–H groups in total. The summed E-state index contributed by atoms with van der Waals surface area (Å²) < 4.78 is 0. The lowest BCUT2D eigenvalue weighted by atomic mass is 9.70. The predicted molar refractivity (Wildman–Crippen MR) is 72.0 cm³/mol. The van der Waals surface area contributed by atoms with Crippen molar-refractivity contribution < 1.29 is 0 Å². The summed E-state index contributed by atoms with van der Waals surface area (Å²) in [5.41, 5.74) is 1.92. The van der Waals surface area contributed by atoms with Gasteiger partial charge in [0.05, 0.1) is 0 Å². The Hall–Kier alpha value is -0.340. The Kier molecular flexibility index (Phi) is 3.70. The molecule has 16 heavy (non-hydrogen) atoms. The molecule has 1 fully saturated rings. The summed E-state index contributed by atoms with van der Waals surface area (Å²) in [6.07, 6.45) is 6.97. The Morgan fingerprint density at radius 2 is 2.00 bits per heavy atom. The second-order valence-electron chi connectivity index (χ2n) is 5.40. The maximum absolute atomic E-state index is 3.57. The number of nitrogens with one attached hydrogen (secondary N) is 1. The van der Waals surface area contributed by atoms with E-state index in [4.69, 9.17) is 0 Å². The predicted octanol–water partition coefficient (Wildman–Crippen LogP) is 4.29. The number of hydrogen-bond donors (Lipinski definition) is 1. The van der Waals surface area contributed by atoms with Gasteiger partial charge in [0.15, 0.2) is 0 Å². The molecule has 0 spiro atoms. The van der Waals surface area contributed by atoms with E-state index in [0.717, 1.165) is 0 Å². The van der Waals surface area contributed by atoms with E-state index in [1.807, 2.05) is 11.3 Å². The smallest absolute Gasteiger partial charge is 0.0469 e. The molecular weight excluding hydrogens is 214 g/mol. The van der Waals surface area contributed by atoms with Crippen LogP contribution in [0.3, 0.4) is 0 Å². The molecule has 1 atom stereocenters. The van der Waals surface area contributed by atoms with Crippen LogP contribution in [0.25, 0.3) is 0 Å². The zero-order valence-electron chi connectivity index (χ0n) is 10.7. The number of aryl methyl sites for hydroxylation is 1. The van der Waals surface area contributed by atoms with E-state index >= 15 is 0 Å². The van der Waals surface area contributed by atoms with Gasteiger partial charge in [-0.15, -0.1) is 11.3 Å². The molecular formula is C14H23NS. The van der Waals surface area contributed by atoms with Crippen molar-refractivity contribution >= 4 is 11.3 Å². The minimum absolute atomic E-state index is 0.461. The van der Waals surface area contributed by atoms with Crippen LogP contribution in [0.2, 0.25) is 0 Å². The zero-order valence-corrected chi connectivity index (χ0v) is 11.5. The monoisotopic (exact) mass is 237 g/mol. The van der Waals surface area contributed by atoms with Crippen molar-refractivity contribution in [3.8, 4) is 0 Å². The molecule has 1 unspecified atom stereocenters. The normalized spacial score (nSPS) is 21.9. The highest BCUT2D eigenvalue weighted by molar-refractivity contribution is 7.10. The lowest BCUT2D eigenvalue weighted by Crippen LogP contribution is -2.35. The third-order valence-electron chi connectivity index (χ3n) is 4.15. The molecule has 90 valence electrons. The molecule has 1 aliphatic rings. The van der Waals surface area contributed by atoms with Gasteiger partial charge >= 0.3 is 0 Å². The molecule has 1 aromatic heterocycles. The van der Waals surface area contributed by atoms with Crippen LogP contribution in [0, 0.1) is 12.3 Å². The van der Waals surface area contributed by atoms with Crippen molar-refractivity contribution in [2.24, 2.45) is 5.41 Å². The Balaban J connectivity index is 2.24. The lowest BCUT2D eigenvalue weighted by Gasteiger charge is -2.40. The quantitative estimate of drug-likeness (QED) is 0.827. The third-order valence-corrected chi connectivity index (χ3v) is 5.23. The average molecular weight is 237 g/mol. The fraction of sp³-hybridized carbons (Fsp3) is 0.714. The summed E-state index contributed by atoms with van der Waals surface area (Å²) in [7, 11) is 2.11. The van der Waals surface area contributed by atoms with Crippen LogP contribution in [0.5, 0.6) is 0 Å². The van der Waals surface area contributed by atoms with Gasteiger partial charge < -0.3 is 5.32 Å². The molecule has 1 saturated carbocycles. The number of thiophene rings is 1. The van der Waals surface area contributed by atoms with Crippen molar-refractivity contribution in [1.82, 2.24) is 5.32 Å². The maximum Gasteiger partial charge on any atom is 0.0469 e. The van der Waals surface area contributed by atoms with E-state index < -0.39 is 0 Å². The van der Waals surface area contributed by atoms with Crippen molar-refractivity contribution in [1.29, 1.82) is 0 Å². The number of rotatable bonds is 3. The van der Waals surface area contributed by atoms with E-state index in [1.165, 1.54) is 37.7 Å². The van der Waals surface area contributed by atoms with Gasteiger partial charge in [0, 0.05) is 10.9 Å². The summed E-state index contributed by atoms with van der Waals surface area (Å²) in [4.78, 5) is 1.55. The van der Waals surface area contributed by atoms with E-state index in [9.17, 15) is 0 Å². The van der Waals surface area contributed by atoms with Gasteiger partial charge in [-0.3, -0.25) is 0 Å². The van der Waals surface area contributed by atoms with E-state index in [2.05, 4.69) is 37.7 Å². The van der Waals surface area contributed by atoms with Crippen LogP contribution in [0.15, 0.2) is 11.4 Å². The van der Waals surface area contributed by atoms with E-state index in [1.54, 1.807) is 4.88 Å². The summed E-state index contributed by atoms with van der Waals surface area (Å²) in [5.74, 6) is 0. The largest absolute Gasteiger partial charge is 0.312 e. The Morgan fingerprint density at radius 1 is 1.31 bits per heavy atom. The molecule has 0 radical (unpaired) electrons. The Labute approximate surface area is 103 Å². The SMILES string of the molecule is CNC(c1sccc1C)C1(C)CCCCC1. The first-order chi connectivity index (χ1) is 7.67. The van der Waals surface area contributed by atoms with Crippen LogP contribution >= 0.6 is 11.3 Å². The molecule has 0 bridgehead atoms. The fourth-order valence-corrected chi connectivity index (χ4v) is 4.34. The van der Waals surface area contributed by atoms with Gasteiger partial charge in [-0.1, -0.05) is 26.2 Å². The zero-order chi connectivity index (χ0) is 11.6. The van der Waals surface area contributed by atoms with E-state index in [-0.39, 0.29) is 0 Å². The molecule has 1 aromatic rings. The first-order valence-electron chi connectivity index (χ1n) is 6.38. The molecule has 0 saturated heterocycles. The second kappa shape index (κ2) is 4.89. The molecule has 1 heterocycles. The minimum Gasteiger partial charge on any atom is -0.312 e. The second-order valence-corrected chi connectivity index (χ2v) is 6.35. The van der Waals surface area contributed by atoms with Crippen molar-refractivity contribution in [3.63, 3.8) is 0 Å². The maximum atomic E-state index is 3.57. The van der Waals surface area contributed by atoms with Crippen molar-refractivity contribution in [2.45, 2.75) is 52.0 Å². The first kappa shape index (κ1) is 12.1. The standard InChI is InChI=1S/C14H23NS/c1-11-7-10-16-12(11)13(15-3)14(2)8-5-4-6-9-14/h7,10,13,15H,4-6,8-9H2,1-3H3. The lowest BCUT2D eigenvalue weighted by molar-refractivity contribution is 0.152. The van der Waals surface area contributed by atoms with Crippen LogP contribution in [0.1, 0.15) is 55.5 Å². The van der Waals surface area contributed by atoms with Gasteiger partial charge in [-0.05, 0) is 49.2 Å². The van der Waals surface area contributed by atoms with Crippen molar-refractivity contribution in [2.75, 3.05) is 7.05 Å². The topological polar surface area (TPSA) is 12.0 Å². The van der Waals surface area contributed by atoms with Gasteiger partial charge in [-0.25, -0.2) is 0 Å². The molecule has 0 amide bonds. The third kappa shape index (κ3) is 2.18. The van der Waals surface area contributed by atoms with Crippen LogP contribution in [0.4, 0.5) is 0 Å². The van der Waals surface area contributed by atoms with Crippen LogP contribution in [-0.4, -0.2) is 7.05 Å². The van der Waals surface area contributed by atoms with Gasteiger partial charge in [0.2, 0.25) is 0 Å². The first-order valence-corrected chi connectivity index (χ1v) is 7.26. The van der Waals surface area contributed by atoms with Crippen molar-refractivity contribution in [3.05, 3.63) is 21.9 Å². The molecule has 1 nitrogen and oxygen atoms in total. The van der Waals surface area contributed by atoms with Gasteiger partial charge in [-0.2, -0.15) is 0 Å². The molecule has 1 aliphatic carbocycles. The average Bonchev–Trinajstić information content (AvgIpc) is 2.67. The summed E-state index contributed by atoms with van der Waals surface area (Å²) >= 11 is 1.91. The highest BCUT2D eigenvalue weighted by Gasteiger charge is 2.36.